The number of rotatable bonds is 7. The smallest absolute Gasteiger partial charge is 0.271 e. The Kier molecular flexibility index (Phi) is 5.92. The number of nitrogens with zero attached hydrogens (tertiary/aromatic N) is 7. The van der Waals surface area contributed by atoms with E-state index in [0.717, 1.165) is 4.68 Å². The van der Waals surface area contributed by atoms with Crippen molar-refractivity contribution in [2.24, 2.45) is 0 Å². The highest BCUT2D eigenvalue weighted by atomic mass is 19.1. The molecule has 3 aromatic heterocycles. The van der Waals surface area contributed by atoms with Crippen molar-refractivity contribution in [1.82, 2.24) is 39.6 Å². The van der Waals surface area contributed by atoms with Gasteiger partial charge in [-0.1, -0.05) is 12.1 Å². The van der Waals surface area contributed by atoms with Gasteiger partial charge in [-0.25, -0.2) is 23.4 Å². The first-order valence-electron chi connectivity index (χ1n) is 9.53. The second kappa shape index (κ2) is 9.12. The molecule has 4 aromatic rings. The van der Waals surface area contributed by atoms with Crippen LogP contribution in [0.1, 0.15) is 16.1 Å². The summed E-state index contributed by atoms with van der Waals surface area (Å²) in [7, 11) is 0. The molecule has 32 heavy (non-hydrogen) atoms. The molecule has 1 N–H and O–H groups in total. The first kappa shape index (κ1) is 20.8. The predicted molar refractivity (Wildman–Crippen MR) is 110 cm³/mol. The molecule has 0 spiro atoms. The second-order valence-electron chi connectivity index (χ2n) is 6.69. The first-order valence-corrected chi connectivity index (χ1v) is 9.53. The summed E-state index contributed by atoms with van der Waals surface area (Å²) in [5.74, 6) is -0.556. The Morgan fingerprint density at radius 2 is 1.81 bits per heavy atom. The number of amides is 1. The number of hydrogen-bond donors (Lipinski definition) is 1. The van der Waals surface area contributed by atoms with Gasteiger partial charge in [0.2, 0.25) is 0 Å². The van der Waals surface area contributed by atoms with Crippen LogP contribution < -0.4 is 16.4 Å². The summed E-state index contributed by atoms with van der Waals surface area (Å²) in [4.78, 5) is 40.4. The van der Waals surface area contributed by atoms with Gasteiger partial charge in [0.1, 0.15) is 24.2 Å². The van der Waals surface area contributed by atoms with E-state index < -0.39 is 17.3 Å². The molecule has 162 valence electrons. The van der Waals surface area contributed by atoms with Crippen LogP contribution in [-0.2, 0) is 13.1 Å². The standard InChI is InChI=1S/C20H17FN8O3/c21-15-3-1-2-14(10-15)11-28-19(31)6-4-16(25-28)20(32)23-8-9-27-18(30)7-5-17(26-27)29-13-22-12-24-29/h1-7,10,12-13H,8-9,11H2,(H,23,32). The summed E-state index contributed by atoms with van der Waals surface area (Å²) in [5.41, 5.74) is -0.219. The highest BCUT2D eigenvalue weighted by molar-refractivity contribution is 5.91. The molecule has 0 atom stereocenters. The molecule has 0 aliphatic carbocycles. The molecule has 1 amide bonds. The fraction of sp³-hybridized carbons (Fsp3) is 0.150. The zero-order valence-electron chi connectivity index (χ0n) is 16.6. The van der Waals surface area contributed by atoms with Crippen LogP contribution in [0.5, 0.6) is 0 Å². The molecule has 1 aromatic carbocycles. The van der Waals surface area contributed by atoms with Crippen LogP contribution in [-0.4, -0.2) is 46.8 Å². The molecule has 0 unspecified atom stereocenters. The van der Waals surface area contributed by atoms with Gasteiger partial charge in [-0.2, -0.15) is 10.2 Å². The second-order valence-corrected chi connectivity index (χ2v) is 6.69. The molecule has 0 fully saturated rings. The van der Waals surface area contributed by atoms with Crippen molar-refractivity contribution in [3.63, 3.8) is 0 Å². The van der Waals surface area contributed by atoms with Gasteiger partial charge < -0.3 is 5.32 Å². The summed E-state index contributed by atoms with van der Waals surface area (Å²) in [6.07, 6.45) is 2.79. The van der Waals surface area contributed by atoms with Crippen molar-refractivity contribution in [2.45, 2.75) is 13.1 Å². The number of carbonyl (C=O) groups excluding carboxylic acids is 1. The number of aromatic nitrogens is 7. The van der Waals surface area contributed by atoms with Crippen molar-refractivity contribution in [3.8, 4) is 5.82 Å². The van der Waals surface area contributed by atoms with E-state index in [9.17, 15) is 18.8 Å². The summed E-state index contributed by atoms with van der Waals surface area (Å²) >= 11 is 0. The van der Waals surface area contributed by atoms with E-state index in [-0.39, 0.29) is 30.9 Å². The van der Waals surface area contributed by atoms with Crippen LogP contribution in [0.25, 0.3) is 5.82 Å². The van der Waals surface area contributed by atoms with E-state index in [1.807, 2.05) is 0 Å². The number of halogens is 1. The fourth-order valence-corrected chi connectivity index (χ4v) is 2.90. The summed E-state index contributed by atoms with van der Waals surface area (Å²) < 4.78 is 17.1. The molecular formula is C20H17FN8O3. The van der Waals surface area contributed by atoms with Crippen LogP contribution in [0.15, 0.2) is 70.8 Å². The SMILES string of the molecule is O=C(NCCn1nc(-n2cncn2)ccc1=O)c1ccc(=O)n(Cc2cccc(F)c2)n1. The van der Waals surface area contributed by atoms with Crippen LogP contribution in [0.3, 0.4) is 0 Å². The highest BCUT2D eigenvalue weighted by Gasteiger charge is 2.11. The highest BCUT2D eigenvalue weighted by Crippen LogP contribution is 2.04. The molecule has 11 nitrogen and oxygen atoms in total. The topological polar surface area (TPSA) is 130 Å². The average molecular weight is 436 g/mol. The van der Waals surface area contributed by atoms with Crippen LogP contribution in [0.2, 0.25) is 0 Å². The minimum absolute atomic E-state index is 0.0117. The van der Waals surface area contributed by atoms with Crippen molar-refractivity contribution < 1.29 is 9.18 Å². The number of nitrogens with one attached hydrogen (secondary N) is 1. The lowest BCUT2D eigenvalue weighted by molar-refractivity contribution is 0.0944. The van der Waals surface area contributed by atoms with E-state index in [1.165, 1.54) is 64.5 Å². The molecule has 0 aliphatic heterocycles. The molecule has 0 saturated carbocycles. The Labute approximate surface area is 179 Å². The maximum atomic E-state index is 13.4. The molecule has 0 bridgehead atoms. The van der Waals surface area contributed by atoms with Gasteiger partial charge in [-0.05, 0) is 29.8 Å². The lowest BCUT2D eigenvalue weighted by Gasteiger charge is -2.09. The van der Waals surface area contributed by atoms with Gasteiger partial charge in [-0.15, -0.1) is 5.10 Å². The van der Waals surface area contributed by atoms with Gasteiger partial charge in [0, 0.05) is 18.7 Å². The molecule has 0 aliphatic rings. The molecular weight excluding hydrogens is 419 g/mol. The van der Waals surface area contributed by atoms with Crippen LogP contribution >= 0.6 is 0 Å². The third-order valence-corrected chi connectivity index (χ3v) is 4.44. The third kappa shape index (κ3) is 4.80. The average Bonchev–Trinajstić information content (AvgIpc) is 3.31. The quantitative estimate of drug-likeness (QED) is 0.432. The number of carbonyl (C=O) groups is 1. The Hall–Kier alpha value is -4.48. The van der Waals surface area contributed by atoms with E-state index >= 15 is 0 Å². The monoisotopic (exact) mass is 436 g/mol. The van der Waals surface area contributed by atoms with E-state index in [4.69, 9.17) is 0 Å². The predicted octanol–water partition coefficient (Wildman–Crippen LogP) is -0.00190. The molecule has 12 heteroatoms. The van der Waals surface area contributed by atoms with Crippen molar-refractivity contribution in [2.75, 3.05) is 6.54 Å². The summed E-state index contributed by atoms with van der Waals surface area (Å²) in [5, 5.41) is 14.8. The van der Waals surface area contributed by atoms with Gasteiger partial charge >= 0.3 is 0 Å². The largest absolute Gasteiger partial charge is 0.349 e. The normalized spacial score (nSPS) is 10.8. The van der Waals surface area contributed by atoms with Crippen LogP contribution in [0, 0.1) is 5.82 Å². The van der Waals surface area contributed by atoms with Crippen molar-refractivity contribution in [1.29, 1.82) is 0 Å². The van der Waals surface area contributed by atoms with E-state index in [2.05, 4.69) is 25.6 Å². The van der Waals surface area contributed by atoms with Gasteiger partial charge in [0.15, 0.2) is 5.82 Å². The van der Waals surface area contributed by atoms with Crippen molar-refractivity contribution in [3.05, 3.63) is 99.0 Å². The maximum Gasteiger partial charge on any atom is 0.271 e. The van der Waals surface area contributed by atoms with Gasteiger partial charge in [0.05, 0.1) is 13.1 Å². The maximum absolute atomic E-state index is 13.4. The Bertz CT molecular complexity index is 1360. The van der Waals surface area contributed by atoms with Gasteiger partial charge in [-0.3, -0.25) is 14.4 Å². The lowest BCUT2D eigenvalue weighted by Crippen LogP contribution is -2.34. The van der Waals surface area contributed by atoms with Gasteiger partial charge in [0.25, 0.3) is 17.0 Å². The number of benzene rings is 1. The zero-order valence-corrected chi connectivity index (χ0v) is 16.6. The minimum Gasteiger partial charge on any atom is -0.349 e. The first-order chi connectivity index (χ1) is 15.5. The minimum atomic E-state index is -0.529. The molecule has 0 radical (unpaired) electrons. The molecule has 3 heterocycles. The third-order valence-electron chi connectivity index (χ3n) is 4.44. The summed E-state index contributed by atoms with van der Waals surface area (Å²) in [6.45, 7) is 0.222. The molecule has 0 saturated heterocycles. The summed E-state index contributed by atoms with van der Waals surface area (Å²) in [6, 6.07) is 11.1. The Balaban J connectivity index is 1.42. The Morgan fingerprint density at radius 3 is 2.59 bits per heavy atom. The van der Waals surface area contributed by atoms with E-state index in [0.29, 0.717) is 11.4 Å². The van der Waals surface area contributed by atoms with Crippen LogP contribution in [0.4, 0.5) is 4.39 Å². The van der Waals surface area contributed by atoms with Crippen molar-refractivity contribution >= 4 is 5.91 Å². The van der Waals surface area contributed by atoms with E-state index in [1.54, 1.807) is 6.07 Å². The zero-order chi connectivity index (χ0) is 22.5. The number of hydrogen-bond acceptors (Lipinski definition) is 7. The lowest BCUT2D eigenvalue weighted by atomic mass is 10.2. The molecule has 4 rings (SSSR count). The Morgan fingerprint density at radius 1 is 1.00 bits per heavy atom. The fourth-order valence-electron chi connectivity index (χ4n) is 2.90.